The van der Waals surface area contributed by atoms with E-state index >= 15 is 0 Å². The van der Waals surface area contributed by atoms with Gasteiger partial charge < -0.3 is 10.4 Å². The minimum atomic E-state index is -0.585. The molecule has 0 aromatic heterocycles. The monoisotopic (exact) mass is 319 g/mol. The molecule has 3 aliphatic carbocycles. The molecule has 4 rings (SSSR count). The summed E-state index contributed by atoms with van der Waals surface area (Å²) in [5, 5.41) is 12.9. The van der Waals surface area contributed by atoms with Crippen molar-refractivity contribution in [3.05, 3.63) is 0 Å². The fourth-order valence-electron chi connectivity index (χ4n) is 7.11. The Balaban J connectivity index is 1.63. The first-order valence-corrected chi connectivity index (χ1v) is 9.38. The third kappa shape index (κ3) is 2.02. The van der Waals surface area contributed by atoms with Gasteiger partial charge in [-0.3, -0.25) is 9.59 Å². The topological polar surface area (TPSA) is 66.4 Å². The van der Waals surface area contributed by atoms with Crippen LogP contribution in [0.3, 0.4) is 0 Å². The highest BCUT2D eigenvalue weighted by atomic mass is 16.4. The van der Waals surface area contributed by atoms with Gasteiger partial charge in [0.05, 0.1) is 5.92 Å². The largest absolute Gasteiger partial charge is 0.481 e. The summed E-state index contributed by atoms with van der Waals surface area (Å²) in [5.74, 6) is 1.38. The standard InChI is InChI=1S/C19H29NO3/c1-18-9-7-13-11(12(18)4-5-14(18)17(22)23)3-6-15-19(13,2)10-8-16(21)20-15/h11-15H,3-10H2,1-2H3,(H,20,21)(H,22,23)/t11-,12-,13-,14-,15+,18-,19+/m0/s1. The molecule has 23 heavy (non-hydrogen) atoms. The Labute approximate surface area is 138 Å². The maximum atomic E-state index is 11.8. The summed E-state index contributed by atoms with van der Waals surface area (Å²) in [5.41, 5.74) is 0.216. The molecule has 1 saturated heterocycles. The number of nitrogens with one attached hydrogen (secondary N) is 1. The molecule has 128 valence electrons. The van der Waals surface area contributed by atoms with Crippen molar-refractivity contribution < 1.29 is 14.7 Å². The van der Waals surface area contributed by atoms with Crippen molar-refractivity contribution in [3.63, 3.8) is 0 Å². The van der Waals surface area contributed by atoms with Crippen LogP contribution >= 0.6 is 0 Å². The number of aliphatic carboxylic acids is 1. The first-order valence-electron chi connectivity index (χ1n) is 9.38. The van der Waals surface area contributed by atoms with Crippen molar-refractivity contribution >= 4 is 11.9 Å². The van der Waals surface area contributed by atoms with E-state index in [0.29, 0.717) is 30.2 Å². The number of carboxylic acids is 1. The highest BCUT2D eigenvalue weighted by Crippen LogP contribution is 2.65. The van der Waals surface area contributed by atoms with Gasteiger partial charge in [-0.15, -0.1) is 0 Å². The average Bonchev–Trinajstić information content (AvgIpc) is 2.85. The number of hydrogen-bond donors (Lipinski definition) is 2. The molecule has 4 heteroatoms. The lowest BCUT2D eigenvalue weighted by atomic mass is 9.47. The Kier molecular flexibility index (Phi) is 3.34. The molecule has 1 heterocycles. The molecule has 0 bridgehead atoms. The second kappa shape index (κ2) is 4.97. The predicted octanol–water partition coefficient (Wildman–Crippen LogP) is 3.21. The first kappa shape index (κ1) is 15.5. The van der Waals surface area contributed by atoms with Crippen LogP contribution in [0, 0.1) is 34.5 Å². The van der Waals surface area contributed by atoms with Gasteiger partial charge in [-0.2, -0.15) is 0 Å². The minimum Gasteiger partial charge on any atom is -0.481 e. The number of amides is 1. The Morgan fingerprint density at radius 2 is 1.78 bits per heavy atom. The zero-order valence-corrected chi connectivity index (χ0v) is 14.3. The molecule has 1 amide bonds. The van der Waals surface area contributed by atoms with Crippen molar-refractivity contribution in [1.82, 2.24) is 5.32 Å². The van der Waals surface area contributed by atoms with E-state index in [1.165, 1.54) is 0 Å². The Morgan fingerprint density at radius 1 is 1.04 bits per heavy atom. The molecule has 3 saturated carbocycles. The molecule has 2 N–H and O–H groups in total. The summed E-state index contributed by atoms with van der Waals surface area (Å²) in [4.78, 5) is 23.5. The minimum absolute atomic E-state index is 0.00584. The Hall–Kier alpha value is -1.06. The Morgan fingerprint density at radius 3 is 2.52 bits per heavy atom. The van der Waals surface area contributed by atoms with E-state index < -0.39 is 5.97 Å². The van der Waals surface area contributed by atoms with Crippen molar-refractivity contribution in [2.24, 2.45) is 34.5 Å². The van der Waals surface area contributed by atoms with Crippen molar-refractivity contribution in [2.75, 3.05) is 0 Å². The van der Waals surface area contributed by atoms with Gasteiger partial charge in [0, 0.05) is 12.5 Å². The lowest BCUT2D eigenvalue weighted by Gasteiger charge is -2.60. The second-order valence-corrected chi connectivity index (χ2v) is 9.09. The van der Waals surface area contributed by atoms with Crippen molar-refractivity contribution in [3.8, 4) is 0 Å². The first-order chi connectivity index (χ1) is 10.9. The lowest BCUT2D eigenvalue weighted by Crippen LogP contribution is -2.61. The molecular weight excluding hydrogens is 290 g/mol. The fourth-order valence-corrected chi connectivity index (χ4v) is 7.11. The van der Waals surface area contributed by atoms with Crippen LogP contribution in [-0.2, 0) is 9.59 Å². The normalized spacial score (nSPS) is 52.1. The molecule has 0 aromatic rings. The number of carboxylic acid groups (broad SMARTS) is 1. The molecule has 0 unspecified atom stereocenters. The van der Waals surface area contributed by atoms with E-state index in [-0.39, 0.29) is 22.7 Å². The number of fused-ring (bicyclic) bond motifs is 5. The maximum Gasteiger partial charge on any atom is 0.307 e. The van der Waals surface area contributed by atoms with Crippen molar-refractivity contribution in [1.29, 1.82) is 0 Å². The van der Waals surface area contributed by atoms with Gasteiger partial charge in [0.25, 0.3) is 0 Å². The second-order valence-electron chi connectivity index (χ2n) is 9.09. The van der Waals surface area contributed by atoms with Gasteiger partial charge in [-0.05, 0) is 73.5 Å². The summed E-state index contributed by atoms with van der Waals surface area (Å²) < 4.78 is 0. The van der Waals surface area contributed by atoms with Crippen LogP contribution in [0.15, 0.2) is 0 Å². The molecule has 0 radical (unpaired) electrons. The molecule has 4 nitrogen and oxygen atoms in total. The van der Waals surface area contributed by atoms with E-state index in [4.69, 9.17) is 0 Å². The van der Waals surface area contributed by atoms with E-state index in [1.54, 1.807) is 0 Å². The van der Waals surface area contributed by atoms with Crippen LogP contribution in [0.5, 0.6) is 0 Å². The van der Waals surface area contributed by atoms with Crippen LogP contribution in [0.4, 0.5) is 0 Å². The van der Waals surface area contributed by atoms with Gasteiger partial charge in [0.2, 0.25) is 5.91 Å². The number of piperidine rings is 1. The van der Waals surface area contributed by atoms with Gasteiger partial charge >= 0.3 is 5.97 Å². The molecule has 4 aliphatic rings. The van der Waals surface area contributed by atoms with Gasteiger partial charge in [0.15, 0.2) is 0 Å². The Bertz CT molecular complexity index is 547. The number of carbonyl (C=O) groups excluding carboxylic acids is 1. The van der Waals surface area contributed by atoms with Gasteiger partial charge in [-0.25, -0.2) is 0 Å². The molecular formula is C19H29NO3. The van der Waals surface area contributed by atoms with Crippen LogP contribution < -0.4 is 5.32 Å². The lowest BCUT2D eigenvalue weighted by molar-refractivity contribution is -0.152. The average molecular weight is 319 g/mol. The molecule has 4 fully saturated rings. The highest BCUT2D eigenvalue weighted by molar-refractivity contribution is 5.77. The van der Waals surface area contributed by atoms with E-state index in [0.717, 1.165) is 44.9 Å². The highest BCUT2D eigenvalue weighted by Gasteiger charge is 2.61. The molecule has 0 spiro atoms. The number of carbonyl (C=O) groups is 2. The smallest absolute Gasteiger partial charge is 0.307 e. The van der Waals surface area contributed by atoms with Crippen molar-refractivity contribution in [2.45, 2.75) is 71.3 Å². The summed E-state index contributed by atoms with van der Waals surface area (Å²) in [7, 11) is 0. The molecule has 7 atom stereocenters. The summed E-state index contributed by atoms with van der Waals surface area (Å²) in [6.45, 7) is 4.64. The predicted molar refractivity (Wildman–Crippen MR) is 86.7 cm³/mol. The van der Waals surface area contributed by atoms with Crippen LogP contribution in [0.2, 0.25) is 0 Å². The third-order valence-electron chi connectivity index (χ3n) is 8.39. The number of hydrogen-bond acceptors (Lipinski definition) is 2. The van der Waals surface area contributed by atoms with E-state index in [9.17, 15) is 14.7 Å². The summed E-state index contributed by atoms with van der Waals surface area (Å²) >= 11 is 0. The number of rotatable bonds is 1. The zero-order chi connectivity index (χ0) is 16.4. The van der Waals surface area contributed by atoms with E-state index in [2.05, 4.69) is 19.2 Å². The van der Waals surface area contributed by atoms with Gasteiger partial charge in [0.1, 0.15) is 0 Å². The third-order valence-corrected chi connectivity index (χ3v) is 8.39. The SMILES string of the molecule is C[C@]12CCC(=O)N[C@@H]1CC[C@@H]1[C@@H]2CC[C@]2(C)[C@H](C(=O)O)CC[C@@H]12. The van der Waals surface area contributed by atoms with E-state index in [1.807, 2.05) is 0 Å². The quantitative estimate of drug-likeness (QED) is 0.780. The summed E-state index contributed by atoms with van der Waals surface area (Å²) in [6, 6.07) is 0.339. The molecule has 1 aliphatic heterocycles. The molecule has 0 aromatic carbocycles. The summed E-state index contributed by atoms with van der Waals surface area (Å²) in [6.07, 6.45) is 8.05. The fraction of sp³-hybridized carbons (Fsp3) is 0.895. The van der Waals surface area contributed by atoms with Crippen LogP contribution in [-0.4, -0.2) is 23.0 Å². The van der Waals surface area contributed by atoms with Gasteiger partial charge in [-0.1, -0.05) is 13.8 Å². The zero-order valence-electron chi connectivity index (χ0n) is 14.3. The van der Waals surface area contributed by atoms with Crippen LogP contribution in [0.25, 0.3) is 0 Å². The maximum absolute atomic E-state index is 11.8. The van der Waals surface area contributed by atoms with Crippen LogP contribution in [0.1, 0.15) is 65.2 Å².